The molecule has 2 heterocycles. The van der Waals surface area contributed by atoms with E-state index in [0.29, 0.717) is 29.5 Å². The highest BCUT2D eigenvalue weighted by molar-refractivity contribution is 5.87. The molecule has 3 rings (SSSR count). The van der Waals surface area contributed by atoms with Crippen molar-refractivity contribution in [1.29, 1.82) is 0 Å². The Hall–Kier alpha value is -3.37. The van der Waals surface area contributed by atoms with Gasteiger partial charge < -0.3 is 31.6 Å². The first kappa shape index (κ1) is 30.9. The highest BCUT2D eigenvalue weighted by Gasteiger charge is 2.42. The van der Waals surface area contributed by atoms with Crippen molar-refractivity contribution in [2.24, 2.45) is 11.7 Å². The Morgan fingerprint density at radius 3 is 2.50 bits per heavy atom. The minimum Gasteiger partial charge on any atom is -0.507 e. The molecule has 0 radical (unpaired) electrons. The Balaban J connectivity index is 0.000000272. The molecule has 8 nitrogen and oxygen atoms in total. The van der Waals surface area contributed by atoms with Gasteiger partial charge in [0.15, 0.2) is 0 Å². The van der Waals surface area contributed by atoms with Crippen molar-refractivity contribution in [2.75, 3.05) is 39.0 Å². The molecule has 1 unspecified atom stereocenters. The Labute approximate surface area is 223 Å². The van der Waals surface area contributed by atoms with Gasteiger partial charge in [0.1, 0.15) is 11.6 Å². The van der Waals surface area contributed by atoms with Crippen molar-refractivity contribution < 1.29 is 23.8 Å². The third-order valence-corrected chi connectivity index (χ3v) is 6.58. The topological polar surface area (TPSA) is 132 Å². The zero-order valence-electron chi connectivity index (χ0n) is 22.6. The number of likely N-dealkylation sites (tertiary alicyclic amines) is 1. The maximum atomic E-state index is 12.6. The summed E-state index contributed by atoms with van der Waals surface area (Å²) < 4.78 is 25.3. The molecule has 1 amide bonds. The second-order valence-electron chi connectivity index (χ2n) is 10.00. The molecule has 1 aliphatic heterocycles. The molecule has 0 bridgehead atoms. The first-order valence-corrected chi connectivity index (χ1v) is 12.7. The summed E-state index contributed by atoms with van der Waals surface area (Å²) in [6.45, 7) is 6.04. The number of nitrogens with two attached hydrogens (primary N) is 2. The number of hydrogen-bond acceptors (Lipinski definition) is 6. The number of carbonyl (C=O) groups is 1. The fourth-order valence-electron chi connectivity index (χ4n) is 4.15. The van der Waals surface area contributed by atoms with Crippen LogP contribution in [0.2, 0.25) is 0 Å². The highest BCUT2D eigenvalue weighted by atomic mass is 19.3. The van der Waals surface area contributed by atoms with E-state index in [0.717, 1.165) is 24.0 Å². The second-order valence-corrected chi connectivity index (χ2v) is 10.00. The van der Waals surface area contributed by atoms with Crippen LogP contribution in [0.4, 0.5) is 14.6 Å². The fraction of sp³-hybridized carbons (Fsp3) is 0.464. The smallest absolute Gasteiger partial charge is 0.272 e. The van der Waals surface area contributed by atoms with Crippen LogP contribution >= 0.6 is 0 Å². The Kier molecular flexibility index (Phi) is 11.3. The van der Waals surface area contributed by atoms with E-state index in [-0.39, 0.29) is 37.4 Å². The van der Waals surface area contributed by atoms with E-state index < -0.39 is 5.92 Å². The number of carbonyl (C=O) groups excluding carboxylic acids is 1. The molecule has 10 heteroatoms. The number of phenols is 1. The number of likely N-dealkylation sites (N-methyl/N-ethyl adjacent to an activating group) is 1. The lowest BCUT2D eigenvalue weighted by molar-refractivity contribution is -0.127. The molecule has 1 aliphatic rings. The number of aryl methyl sites for hydroxylation is 1. The minimum absolute atomic E-state index is 0.0806. The Morgan fingerprint density at radius 1 is 1.29 bits per heavy atom. The van der Waals surface area contributed by atoms with E-state index in [1.807, 2.05) is 33.0 Å². The lowest BCUT2D eigenvalue weighted by Crippen LogP contribution is -2.55. The summed E-state index contributed by atoms with van der Waals surface area (Å²) >= 11 is 0. The summed E-state index contributed by atoms with van der Waals surface area (Å²) in [7, 11) is 1.74. The van der Waals surface area contributed by atoms with Crippen LogP contribution in [0.3, 0.4) is 0 Å². The zero-order chi connectivity index (χ0) is 28.5. The van der Waals surface area contributed by atoms with Crippen molar-refractivity contribution in [3.63, 3.8) is 0 Å². The number of para-hydroxylation sites is 1. The molecule has 7 N–H and O–H groups in total. The van der Waals surface area contributed by atoms with Gasteiger partial charge in [0.05, 0.1) is 13.1 Å². The normalized spacial score (nSPS) is 16.9. The summed E-state index contributed by atoms with van der Waals surface area (Å²) in [4.78, 5) is 18.1. The number of rotatable bonds is 10. The molecule has 38 heavy (non-hydrogen) atoms. The van der Waals surface area contributed by atoms with E-state index in [1.165, 1.54) is 6.08 Å². The quantitative estimate of drug-likeness (QED) is 0.295. The van der Waals surface area contributed by atoms with Crippen molar-refractivity contribution in [1.82, 2.24) is 14.8 Å². The second kappa shape index (κ2) is 14.0. The van der Waals surface area contributed by atoms with Crippen LogP contribution < -0.4 is 11.5 Å². The van der Waals surface area contributed by atoms with Crippen LogP contribution in [-0.4, -0.2) is 76.2 Å². The number of nitrogen functional groups attached to an aromatic ring is 1. The molecule has 1 aromatic carbocycles. The van der Waals surface area contributed by atoms with E-state index in [9.17, 15) is 18.7 Å². The molecule has 0 aliphatic carbocycles. The number of H-pyrrole nitrogens is 1. The van der Waals surface area contributed by atoms with Gasteiger partial charge in [0, 0.05) is 55.3 Å². The Bertz CT molecular complexity index is 1090. The number of halogens is 2. The van der Waals surface area contributed by atoms with Crippen LogP contribution in [0.5, 0.6) is 5.75 Å². The van der Waals surface area contributed by atoms with Crippen molar-refractivity contribution in [2.45, 2.75) is 45.6 Å². The molecular weight excluding hydrogens is 492 g/mol. The molecule has 2 aromatic rings. The molecule has 0 saturated carbocycles. The standard InChI is InChI=1S/C15H26F2N2O2.C13H15N3O/c1-12(6-8-20)9-13(2)18(3)14(21)5-4-7-19-10-15(16,17)11-19;1-8-7-16-13(15)10(8)6-11(14)9-4-2-3-5-12(9)17/h4-5,12-13,20H,6-11H2,1-3H3;2-7,16-17H,14-15H2,1H3/b5-4+;11-6-/t12?,13-;/m0./s1. The van der Waals surface area contributed by atoms with E-state index in [1.54, 1.807) is 47.2 Å². The summed E-state index contributed by atoms with van der Waals surface area (Å²) in [6, 6.07) is 7.02. The van der Waals surface area contributed by atoms with Crippen LogP contribution in [0.1, 0.15) is 43.4 Å². The van der Waals surface area contributed by atoms with Gasteiger partial charge in [-0.2, -0.15) is 0 Å². The number of alkyl halides is 2. The largest absolute Gasteiger partial charge is 0.507 e. The predicted molar refractivity (Wildman–Crippen MR) is 148 cm³/mol. The number of phenolic OH excluding ortho intramolecular Hbond substituents is 1. The van der Waals surface area contributed by atoms with E-state index in [2.05, 4.69) is 4.98 Å². The summed E-state index contributed by atoms with van der Waals surface area (Å²) in [5, 5.41) is 18.6. The number of aliphatic hydroxyl groups is 1. The molecule has 2 atom stereocenters. The first-order chi connectivity index (χ1) is 17.8. The van der Waals surface area contributed by atoms with Gasteiger partial charge in [-0.3, -0.25) is 9.69 Å². The number of benzene rings is 1. The highest BCUT2D eigenvalue weighted by Crippen LogP contribution is 2.27. The van der Waals surface area contributed by atoms with Crippen molar-refractivity contribution >= 4 is 23.5 Å². The lowest BCUT2D eigenvalue weighted by atomic mass is 9.99. The molecule has 1 aromatic heterocycles. The maximum Gasteiger partial charge on any atom is 0.272 e. The van der Waals surface area contributed by atoms with Gasteiger partial charge in [0.2, 0.25) is 5.91 Å². The van der Waals surface area contributed by atoms with Crippen molar-refractivity contribution in [3.8, 4) is 5.75 Å². The number of aromatic amines is 1. The van der Waals surface area contributed by atoms with Crippen LogP contribution in [0, 0.1) is 12.8 Å². The number of nitrogens with one attached hydrogen (secondary N) is 1. The zero-order valence-corrected chi connectivity index (χ0v) is 22.6. The number of aromatic hydroxyl groups is 1. The van der Waals surface area contributed by atoms with Crippen molar-refractivity contribution in [3.05, 3.63) is 59.3 Å². The number of hydrogen-bond donors (Lipinski definition) is 5. The third kappa shape index (κ3) is 9.18. The summed E-state index contributed by atoms with van der Waals surface area (Å²) in [5.41, 5.74) is 14.7. The maximum absolute atomic E-state index is 12.6. The van der Waals surface area contributed by atoms with Gasteiger partial charge in [-0.25, -0.2) is 8.78 Å². The van der Waals surface area contributed by atoms with Gasteiger partial charge in [-0.1, -0.05) is 25.1 Å². The molecule has 0 spiro atoms. The number of aromatic nitrogens is 1. The number of nitrogens with zero attached hydrogens (tertiary/aromatic N) is 2. The van der Waals surface area contributed by atoms with Crippen LogP contribution in [0.15, 0.2) is 42.6 Å². The van der Waals surface area contributed by atoms with E-state index in [4.69, 9.17) is 16.6 Å². The lowest BCUT2D eigenvalue weighted by Gasteiger charge is -2.37. The van der Waals surface area contributed by atoms with Crippen LogP contribution in [0.25, 0.3) is 11.8 Å². The van der Waals surface area contributed by atoms with Gasteiger partial charge >= 0.3 is 0 Å². The molecule has 1 fully saturated rings. The summed E-state index contributed by atoms with van der Waals surface area (Å²) in [6.07, 6.45) is 8.22. The minimum atomic E-state index is -2.56. The molecule has 210 valence electrons. The Morgan fingerprint density at radius 2 is 1.95 bits per heavy atom. The average Bonchev–Trinajstić information content (AvgIpc) is 3.15. The third-order valence-electron chi connectivity index (χ3n) is 6.58. The van der Waals surface area contributed by atoms with Gasteiger partial charge in [0.25, 0.3) is 5.92 Å². The monoisotopic (exact) mass is 533 g/mol. The first-order valence-electron chi connectivity index (χ1n) is 12.7. The number of aliphatic hydroxyl groups excluding tert-OH is 1. The number of anilines is 1. The van der Waals surface area contributed by atoms with Crippen LogP contribution in [-0.2, 0) is 4.79 Å². The average molecular weight is 534 g/mol. The molecule has 1 saturated heterocycles. The van der Waals surface area contributed by atoms with Gasteiger partial charge in [-0.05, 0) is 56.4 Å². The van der Waals surface area contributed by atoms with E-state index >= 15 is 0 Å². The predicted octanol–water partition coefficient (Wildman–Crippen LogP) is 3.82. The summed E-state index contributed by atoms with van der Waals surface area (Å²) in [5.74, 6) is -1.60. The van der Waals surface area contributed by atoms with Gasteiger partial charge in [-0.15, -0.1) is 0 Å². The SMILES string of the molecule is CC(CCO)C[C@H](C)N(C)C(=O)/C=C/CN1CC(F)(F)C1.Cc1c[nH]c(N)c1/C=C(\N)c1ccccc1O. The molecular formula is C28H41F2N5O3. The number of amides is 1. The fourth-order valence-corrected chi connectivity index (χ4v) is 4.15.